The van der Waals surface area contributed by atoms with Gasteiger partial charge in [0.1, 0.15) is 5.76 Å². The minimum absolute atomic E-state index is 0.577. The molecule has 3 aromatic rings. The molecule has 0 fully saturated rings. The fourth-order valence-electron chi connectivity index (χ4n) is 1.74. The summed E-state index contributed by atoms with van der Waals surface area (Å²) in [5.41, 5.74) is 0.898. The van der Waals surface area contributed by atoms with E-state index in [4.69, 9.17) is 4.42 Å². The second kappa shape index (κ2) is 5.27. The molecule has 0 saturated carbocycles. The number of nitrogens with zero attached hydrogens (tertiary/aromatic N) is 3. The third kappa shape index (κ3) is 2.53. The summed E-state index contributed by atoms with van der Waals surface area (Å²) >= 11 is 3.43. The maximum atomic E-state index is 5.36. The Bertz CT molecular complexity index is 663. The lowest BCUT2D eigenvalue weighted by Gasteiger charge is -2.09. The van der Waals surface area contributed by atoms with Gasteiger partial charge >= 0.3 is 0 Å². The summed E-state index contributed by atoms with van der Waals surface area (Å²) in [4.78, 5) is 4.34. The molecule has 0 amide bonds. The molecule has 0 aliphatic carbocycles. The van der Waals surface area contributed by atoms with Crippen molar-refractivity contribution in [1.82, 2.24) is 14.8 Å². The zero-order valence-corrected chi connectivity index (χ0v) is 11.5. The summed E-state index contributed by atoms with van der Waals surface area (Å²) < 4.78 is 8.03. The van der Waals surface area contributed by atoms with Crippen LogP contribution in [0.4, 0.5) is 5.69 Å². The maximum Gasteiger partial charge on any atom is 0.176 e. The number of hydrogen-bond acceptors (Lipinski definition) is 4. The number of nitrogens with one attached hydrogen (secondary N) is 1. The Morgan fingerprint density at radius 1 is 1.26 bits per heavy atom. The standard InChI is InChI=1S/C13H11BrN4O/c14-10-4-8-19-12(10)9-16-11-3-1-5-15-13(11)18-7-2-6-17-18/h1-8,16H,9H2. The quantitative estimate of drug-likeness (QED) is 0.802. The SMILES string of the molecule is Brc1ccoc1CNc1cccnc1-n1cccn1. The Labute approximate surface area is 118 Å². The molecule has 0 aliphatic rings. The van der Waals surface area contributed by atoms with Crippen molar-refractivity contribution < 1.29 is 4.42 Å². The lowest BCUT2D eigenvalue weighted by molar-refractivity contribution is 0.516. The van der Waals surface area contributed by atoms with Gasteiger partial charge in [-0.15, -0.1) is 0 Å². The van der Waals surface area contributed by atoms with Gasteiger partial charge in [0.05, 0.1) is 23.0 Å². The average molecular weight is 319 g/mol. The Morgan fingerprint density at radius 2 is 2.21 bits per heavy atom. The van der Waals surface area contributed by atoms with Gasteiger partial charge in [0.2, 0.25) is 0 Å². The third-order valence-corrected chi connectivity index (χ3v) is 3.35. The molecule has 0 bridgehead atoms. The van der Waals surface area contributed by atoms with Crippen LogP contribution >= 0.6 is 15.9 Å². The predicted octanol–water partition coefficient (Wildman–Crippen LogP) is 3.23. The molecule has 0 spiro atoms. The average Bonchev–Trinajstić information content (AvgIpc) is 3.08. The Balaban J connectivity index is 1.84. The van der Waals surface area contributed by atoms with E-state index in [9.17, 15) is 0 Å². The van der Waals surface area contributed by atoms with Crippen molar-refractivity contribution >= 4 is 21.6 Å². The number of aromatic nitrogens is 3. The largest absolute Gasteiger partial charge is 0.466 e. The van der Waals surface area contributed by atoms with Crippen LogP contribution in [0.3, 0.4) is 0 Å². The van der Waals surface area contributed by atoms with Gasteiger partial charge in [-0.25, -0.2) is 9.67 Å². The topological polar surface area (TPSA) is 55.9 Å². The monoisotopic (exact) mass is 318 g/mol. The van der Waals surface area contributed by atoms with Crippen molar-refractivity contribution in [2.75, 3.05) is 5.32 Å². The van der Waals surface area contributed by atoms with Crippen molar-refractivity contribution in [2.24, 2.45) is 0 Å². The number of anilines is 1. The summed E-state index contributed by atoms with van der Waals surface area (Å²) in [5.74, 6) is 1.60. The second-order valence-electron chi connectivity index (χ2n) is 3.87. The van der Waals surface area contributed by atoms with Crippen molar-refractivity contribution in [2.45, 2.75) is 6.54 Å². The summed E-state index contributed by atoms with van der Waals surface area (Å²) in [6.45, 7) is 0.577. The number of furan rings is 1. The molecular formula is C13H11BrN4O. The summed E-state index contributed by atoms with van der Waals surface area (Å²) in [6.07, 6.45) is 6.97. The highest BCUT2D eigenvalue weighted by atomic mass is 79.9. The van der Waals surface area contributed by atoms with Crippen LogP contribution in [0.5, 0.6) is 0 Å². The molecular weight excluding hydrogens is 308 g/mol. The minimum atomic E-state index is 0.577. The molecule has 0 radical (unpaired) electrons. The normalized spacial score (nSPS) is 10.6. The van der Waals surface area contributed by atoms with Crippen molar-refractivity contribution in [3.05, 3.63) is 59.4 Å². The van der Waals surface area contributed by atoms with E-state index in [2.05, 4.69) is 31.3 Å². The lowest BCUT2D eigenvalue weighted by atomic mass is 10.3. The maximum absolute atomic E-state index is 5.36. The summed E-state index contributed by atoms with van der Waals surface area (Å²) in [5, 5.41) is 7.49. The number of hydrogen-bond donors (Lipinski definition) is 1. The van der Waals surface area contributed by atoms with Crippen molar-refractivity contribution in [1.29, 1.82) is 0 Å². The molecule has 0 aliphatic heterocycles. The van der Waals surface area contributed by atoms with Crippen LogP contribution in [0.15, 0.2) is 58.0 Å². The molecule has 19 heavy (non-hydrogen) atoms. The van der Waals surface area contributed by atoms with Crippen LogP contribution in [0, 0.1) is 0 Å². The zero-order chi connectivity index (χ0) is 13.1. The molecule has 96 valence electrons. The molecule has 5 nitrogen and oxygen atoms in total. The number of halogens is 1. The highest BCUT2D eigenvalue weighted by Crippen LogP contribution is 2.21. The van der Waals surface area contributed by atoms with Crippen LogP contribution in [-0.4, -0.2) is 14.8 Å². The van der Waals surface area contributed by atoms with E-state index in [0.29, 0.717) is 6.54 Å². The third-order valence-electron chi connectivity index (χ3n) is 2.64. The van der Waals surface area contributed by atoms with Crippen LogP contribution in [0.2, 0.25) is 0 Å². The summed E-state index contributed by atoms with van der Waals surface area (Å²) in [6, 6.07) is 7.57. The summed E-state index contributed by atoms with van der Waals surface area (Å²) in [7, 11) is 0. The van der Waals surface area contributed by atoms with Gasteiger partial charge in [-0.1, -0.05) is 0 Å². The molecule has 0 aromatic carbocycles. The van der Waals surface area contributed by atoms with E-state index >= 15 is 0 Å². The van der Waals surface area contributed by atoms with E-state index in [1.54, 1.807) is 23.3 Å². The lowest BCUT2D eigenvalue weighted by Crippen LogP contribution is -2.06. The molecule has 0 unspecified atom stereocenters. The van der Waals surface area contributed by atoms with Crippen LogP contribution in [0.1, 0.15) is 5.76 Å². The molecule has 0 saturated heterocycles. The second-order valence-corrected chi connectivity index (χ2v) is 4.72. The first kappa shape index (κ1) is 12.0. The van der Waals surface area contributed by atoms with Gasteiger partial charge in [0.15, 0.2) is 5.82 Å². The van der Waals surface area contributed by atoms with Crippen molar-refractivity contribution in [3.8, 4) is 5.82 Å². The fourth-order valence-corrected chi connectivity index (χ4v) is 2.08. The van der Waals surface area contributed by atoms with Crippen LogP contribution in [0.25, 0.3) is 5.82 Å². The van der Waals surface area contributed by atoms with Gasteiger partial charge in [0, 0.05) is 18.6 Å². The molecule has 0 atom stereocenters. The highest BCUT2D eigenvalue weighted by molar-refractivity contribution is 9.10. The smallest absolute Gasteiger partial charge is 0.176 e. The molecule has 3 heterocycles. The zero-order valence-electron chi connectivity index (χ0n) is 9.95. The van der Waals surface area contributed by atoms with E-state index in [-0.39, 0.29) is 0 Å². The van der Waals surface area contributed by atoms with E-state index in [1.807, 2.05) is 30.5 Å². The van der Waals surface area contributed by atoms with Gasteiger partial charge in [-0.05, 0) is 40.2 Å². The van der Waals surface area contributed by atoms with Gasteiger partial charge in [-0.2, -0.15) is 5.10 Å². The molecule has 6 heteroatoms. The van der Waals surface area contributed by atoms with Crippen molar-refractivity contribution in [3.63, 3.8) is 0 Å². The highest BCUT2D eigenvalue weighted by Gasteiger charge is 2.08. The van der Waals surface area contributed by atoms with E-state index in [1.165, 1.54) is 0 Å². The minimum Gasteiger partial charge on any atom is -0.466 e. The van der Waals surface area contributed by atoms with E-state index in [0.717, 1.165) is 21.7 Å². The predicted molar refractivity (Wildman–Crippen MR) is 75.1 cm³/mol. The van der Waals surface area contributed by atoms with Crippen LogP contribution < -0.4 is 5.32 Å². The Kier molecular flexibility index (Phi) is 3.33. The number of pyridine rings is 1. The first-order chi connectivity index (χ1) is 9.34. The number of rotatable bonds is 4. The first-order valence-corrected chi connectivity index (χ1v) is 6.54. The first-order valence-electron chi connectivity index (χ1n) is 5.75. The molecule has 1 N–H and O–H groups in total. The van der Waals surface area contributed by atoms with Crippen LogP contribution in [-0.2, 0) is 6.54 Å². The van der Waals surface area contributed by atoms with Gasteiger partial charge < -0.3 is 9.73 Å². The van der Waals surface area contributed by atoms with E-state index < -0.39 is 0 Å². The fraction of sp³-hybridized carbons (Fsp3) is 0.0769. The van der Waals surface area contributed by atoms with Gasteiger partial charge in [-0.3, -0.25) is 0 Å². The molecule has 3 rings (SSSR count). The Morgan fingerprint density at radius 3 is 2.95 bits per heavy atom. The Hall–Kier alpha value is -2.08. The molecule has 3 aromatic heterocycles. The van der Waals surface area contributed by atoms with Gasteiger partial charge in [0.25, 0.3) is 0 Å².